The molecule has 0 aromatic carbocycles. The first-order valence-electron chi connectivity index (χ1n) is 2.97. The molecular formula is C3H14O6P2. The molecule has 0 amide bonds. The molecule has 0 fully saturated rings. The molecule has 0 aromatic heterocycles. The maximum absolute atomic E-state index is 8.95. The molecule has 0 saturated heterocycles. The second kappa shape index (κ2) is 3.56. The Hall–Kier alpha value is 0.620. The van der Waals surface area contributed by atoms with Crippen molar-refractivity contribution < 1.29 is 28.8 Å². The third kappa shape index (κ3) is 4.95. The van der Waals surface area contributed by atoms with Gasteiger partial charge in [-0.05, 0) is 0 Å². The van der Waals surface area contributed by atoms with Crippen LogP contribution in [0.3, 0.4) is 0 Å². The summed E-state index contributed by atoms with van der Waals surface area (Å²) >= 11 is 0. The van der Waals surface area contributed by atoms with Crippen molar-refractivity contribution in [1.82, 2.24) is 0 Å². The molecule has 0 unspecified atom stereocenters. The number of rotatable bonds is 3. The summed E-state index contributed by atoms with van der Waals surface area (Å²) in [5.74, 6) is 0. The molecular weight excluding hydrogens is 194 g/mol. The van der Waals surface area contributed by atoms with Crippen LogP contribution in [0.1, 0.15) is 13.8 Å². The Morgan fingerprint density at radius 2 is 1.36 bits per heavy atom. The van der Waals surface area contributed by atoms with E-state index in [0.29, 0.717) is 0 Å². The van der Waals surface area contributed by atoms with Crippen LogP contribution < -0.4 is 0 Å². The van der Waals surface area contributed by atoms with Gasteiger partial charge in [-0.2, -0.15) is 0 Å². The third-order valence-electron chi connectivity index (χ3n) is 1.04. The van der Waals surface area contributed by atoms with Crippen molar-refractivity contribution in [2.24, 2.45) is 0 Å². The normalized spacial score (nSPS) is 17.1. The molecule has 0 rings (SSSR count). The second-order valence-corrected chi connectivity index (χ2v) is 6.93. The van der Waals surface area contributed by atoms with Crippen molar-refractivity contribution >= 4 is 16.1 Å². The monoisotopic (exact) mass is 208 g/mol. The summed E-state index contributed by atoms with van der Waals surface area (Å²) in [5, 5.41) is 0. The van der Waals surface area contributed by atoms with E-state index in [4.69, 9.17) is 24.5 Å². The van der Waals surface area contributed by atoms with Gasteiger partial charge in [0.25, 0.3) is 0 Å². The van der Waals surface area contributed by atoms with Crippen molar-refractivity contribution in [3.63, 3.8) is 0 Å². The standard InChI is InChI=1S/C3H14O6P2/c1-3(2)10(4,5)9-11(6,7)8/h3-8,10-11H,1-2H3. The zero-order chi connectivity index (χ0) is 9.28. The van der Waals surface area contributed by atoms with Gasteiger partial charge in [-0.1, -0.05) is 0 Å². The van der Waals surface area contributed by atoms with Crippen molar-refractivity contribution in [1.29, 1.82) is 0 Å². The quantitative estimate of drug-likeness (QED) is 0.391. The van der Waals surface area contributed by atoms with Crippen LogP contribution in [0.15, 0.2) is 0 Å². The average Bonchev–Trinajstić information content (AvgIpc) is 1.56. The molecule has 8 heteroatoms. The molecule has 0 spiro atoms. The van der Waals surface area contributed by atoms with Crippen molar-refractivity contribution in [3.05, 3.63) is 0 Å². The summed E-state index contributed by atoms with van der Waals surface area (Å²) < 4.78 is 3.94. The summed E-state index contributed by atoms with van der Waals surface area (Å²) in [6, 6.07) is 0. The van der Waals surface area contributed by atoms with Crippen molar-refractivity contribution in [3.8, 4) is 0 Å². The molecule has 0 heterocycles. The summed E-state index contributed by atoms with van der Waals surface area (Å²) in [6.07, 6.45) is 0. The topological polar surface area (TPSA) is 110 Å². The van der Waals surface area contributed by atoms with Crippen LogP contribution in [0.5, 0.6) is 0 Å². The van der Waals surface area contributed by atoms with Crippen molar-refractivity contribution in [2.75, 3.05) is 0 Å². The van der Waals surface area contributed by atoms with E-state index >= 15 is 0 Å². The second-order valence-electron chi connectivity index (χ2n) is 2.49. The van der Waals surface area contributed by atoms with Crippen LogP contribution in [0.4, 0.5) is 0 Å². The van der Waals surface area contributed by atoms with Gasteiger partial charge in [0.05, 0.1) is 0 Å². The van der Waals surface area contributed by atoms with Gasteiger partial charge in [0.15, 0.2) is 0 Å². The van der Waals surface area contributed by atoms with Gasteiger partial charge in [-0.15, -0.1) is 0 Å². The van der Waals surface area contributed by atoms with Crippen LogP contribution in [0.25, 0.3) is 0 Å². The predicted octanol–water partition coefficient (Wildman–Crippen LogP) is -0.722. The number of hydrogen-bond acceptors (Lipinski definition) is 6. The Morgan fingerprint density at radius 1 is 1.00 bits per heavy atom. The first kappa shape index (κ1) is 11.6. The zero-order valence-electron chi connectivity index (χ0n) is 6.22. The predicted molar refractivity (Wildman–Crippen MR) is 43.9 cm³/mol. The van der Waals surface area contributed by atoms with Crippen molar-refractivity contribution in [2.45, 2.75) is 19.5 Å². The molecule has 0 bridgehead atoms. The molecule has 0 saturated carbocycles. The fourth-order valence-corrected chi connectivity index (χ4v) is 2.87. The molecule has 0 aromatic rings. The Kier molecular flexibility index (Phi) is 3.76. The average molecular weight is 208 g/mol. The molecule has 0 aliphatic heterocycles. The molecule has 6 nitrogen and oxygen atoms in total. The maximum atomic E-state index is 8.95. The summed E-state index contributed by atoms with van der Waals surface area (Å²) in [7, 11) is -8.90. The summed E-state index contributed by atoms with van der Waals surface area (Å²) in [5.41, 5.74) is -0.638. The summed E-state index contributed by atoms with van der Waals surface area (Å²) in [6.45, 7) is 2.87. The minimum atomic E-state index is -4.79. The van der Waals surface area contributed by atoms with E-state index in [1.165, 1.54) is 13.8 Å². The van der Waals surface area contributed by atoms with E-state index in [1.807, 2.05) is 0 Å². The molecule has 72 valence electrons. The van der Waals surface area contributed by atoms with Crippen LogP contribution in [0, 0.1) is 0 Å². The molecule has 11 heavy (non-hydrogen) atoms. The Bertz CT molecular complexity index is 128. The van der Waals surface area contributed by atoms with Crippen LogP contribution in [-0.2, 0) is 4.31 Å². The van der Waals surface area contributed by atoms with Gasteiger partial charge in [0, 0.05) is 0 Å². The van der Waals surface area contributed by atoms with Crippen LogP contribution in [0.2, 0.25) is 0 Å². The van der Waals surface area contributed by atoms with Gasteiger partial charge in [-0.25, -0.2) is 0 Å². The fourth-order valence-electron chi connectivity index (χ4n) is 0.319. The van der Waals surface area contributed by atoms with Gasteiger partial charge in [-0.3, -0.25) is 0 Å². The third-order valence-corrected chi connectivity index (χ3v) is 4.84. The SMILES string of the molecule is CC(C)[PH](O)(O)O[PH](O)(O)O. The molecule has 0 aliphatic rings. The van der Waals surface area contributed by atoms with E-state index in [0.717, 1.165) is 0 Å². The molecule has 0 radical (unpaired) electrons. The van der Waals surface area contributed by atoms with Crippen LogP contribution in [-0.4, -0.2) is 30.1 Å². The van der Waals surface area contributed by atoms with E-state index < -0.39 is 21.8 Å². The Labute approximate surface area is 65.3 Å². The van der Waals surface area contributed by atoms with Gasteiger partial charge < -0.3 is 0 Å². The van der Waals surface area contributed by atoms with E-state index in [1.54, 1.807) is 0 Å². The van der Waals surface area contributed by atoms with E-state index in [2.05, 4.69) is 4.31 Å². The van der Waals surface area contributed by atoms with Gasteiger partial charge >= 0.3 is 64.4 Å². The summed E-state index contributed by atoms with van der Waals surface area (Å²) in [4.78, 5) is 42.9. The van der Waals surface area contributed by atoms with Gasteiger partial charge in [0.1, 0.15) is 0 Å². The Balaban J connectivity index is 4.13. The molecule has 0 atom stereocenters. The van der Waals surface area contributed by atoms with E-state index in [9.17, 15) is 0 Å². The Morgan fingerprint density at radius 3 is 1.45 bits per heavy atom. The first-order chi connectivity index (χ1) is 4.65. The van der Waals surface area contributed by atoms with E-state index in [-0.39, 0.29) is 0 Å². The zero-order valence-corrected chi connectivity index (χ0v) is 8.22. The minimum absolute atomic E-state index is 0.638. The molecule has 0 aliphatic carbocycles. The fraction of sp³-hybridized carbons (Fsp3) is 1.00. The molecule has 5 N–H and O–H groups in total. The number of hydrogen-bond donors (Lipinski definition) is 5. The first-order valence-corrected chi connectivity index (χ1v) is 6.60. The van der Waals surface area contributed by atoms with Crippen LogP contribution >= 0.6 is 16.1 Å². The van der Waals surface area contributed by atoms with Gasteiger partial charge in [0.2, 0.25) is 0 Å².